The number of methoxy groups -OCH3 is 1. The molecule has 0 aliphatic carbocycles. The van der Waals surface area contributed by atoms with E-state index in [4.69, 9.17) is 9.84 Å². The standard InChI is InChI=1S/C14H14O3.C5H11NO2.Na/c1-9(14(15)16)10-3-4-12-8-13(17-2)6-5-11(12)7-10;1-6(2,3)4-5(7)8;/h3-9H,1-2H3,(H,15,16);4H2,1-3H3;. The molecule has 2 aromatic carbocycles. The van der Waals surface area contributed by atoms with Crippen LogP contribution in [-0.4, -0.2) is 85.9 Å². The molecule has 0 spiro atoms. The molecule has 0 fully saturated rings. The predicted octanol–water partition coefficient (Wildman–Crippen LogP) is 1.10. The number of hydrogen-bond donors (Lipinski definition) is 1. The fraction of sp³-hybridized carbons (Fsp3) is 0.368. The second-order valence-corrected chi connectivity index (χ2v) is 6.86. The van der Waals surface area contributed by atoms with Crippen LogP contribution in [0.1, 0.15) is 18.4 Å². The number of ether oxygens (including phenoxy) is 1. The van der Waals surface area contributed by atoms with Gasteiger partial charge in [0, 0.05) is 41.4 Å². The largest absolute Gasteiger partial charge is 0.550 e. The van der Waals surface area contributed by atoms with E-state index in [2.05, 4.69) is 0 Å². The topological polar surface area (TPSA) is 86.7 Å². The third kappa shape index (κ3) is 8.19. The number of hydrogen-bond acceptors (Lipinski definition) is 4. The third-order valence-electron chi connectivity index (χ3n) is 3.53. The second kappa shape index (κ2) is 10.5. The number of quaternary nitrogens is 1. The Kier molecular flexibility index (Phi) is 9.88. The summed E-state index contributed by atoms with van der Waals surface area (Å²) in [6.45, 7) is 1.81. The van der Waals surface area contributed by atoms with Gasteiger partial charge in [-0.3, -0.25) is 0 Å². The van der Waals surface area contributed by atoms with Crippen molar-refractivity contribution in [3.8, 4) is 5.75 Å². The average Bonchev–Trinajstić information content (AvgIpc) is 2.51. The number of carboxylic acids is 2. The minimum Gasteiger partial charge on any atom is -0.550 e. The van der Waals surface area contributed by atoms with E-state index < -0.39 is 17.9 Å². The van der Waals surface area contributed by atoms with Crippen molar-refractivity contribution < 1.29 is 29.0 Å². The number of aliphatic carboxylic acids is 2. The number of fused-ring (bicyclic) bond motifs is 1. The van der Waals surface area contributed by atoms with E-state index in [0.717, 1.165) is 22.1 Å². The molecule has 1 radical (unpaired) electrons. The summed E-state index contributed by atoms with van der Waals surface area (Å²) in [6, 6.07) is 11.3. The first-order valence-corrected chi connectivity index (χ1v) is 7.84. The molecule has 0 aliphatic rings. The van der Waals surface area contributed by atoms with Gasteiger partial charge in [-0.25, -0.2) is 4.79 Å². The number of carbonyl (C=O) groups excluding carboxylic acids is 1. The van der Waals surface area contributed by atoms with Gasteiger partial charge in [-0.1, -0.05) is 31.2 Å². The van der Waals surface area contributed by atoms with Crippen LogP contribution in [-0.2, 0) is 9.59 Å². The molecular formula is C19H25NNaO5. The van der Waals surface area contributed by atoms with Gasteiger partial charge in [-0.05, 0) is 28.5 Å². The van der Waals surface area contributed by atoms with Crippen molar-refractivity contribution >= 4 is 52.3 Å². The van der Waals surface area contributed by atoms with Crippen LogP contribution in [0.25, 0.3) is 10.8 Å². The van der Waals surface area contributed by atoms with Gasteiger partial charge in [-0.15, -0.1) is 0 Å². The van der Waals surface area contributed by atoms with Crippen molar-refractivity contribution in [2.75, 3.05) is 34.8 Å². The molecule has 1 atom stereocenters. The maximum Gasteiger partial charge on any atom is 0.359 e. The molecule has 0 saturated carbocycles. The summed E-state index contributed by atoms with van der Waals surface area (Å²) in [7, 11) is 7.14. The molecule has 26 heavy (non-hydrogen) atoms. The van der Waals surface area contributed by atoms with Crippen LogP contribution in [0.2, 0.25) is 0 Å². The van der Waals surface area contributed by atoms with Gasteiger partial charge < -0.3 is 24.2 Å². The summed E-state index contributed by atoms with van der Waals surface area (Å²) in [5, 5.41) is 21.1. The Labute approximate surface area is 176 Å². The zero-order valence-corrected chi connectivity index (χ0v) is 18.3. The van der Waals surface area contributed by atoms with Crippen LogP contribution < -0.4 is 9.84 Å². The summed E-state index contributed by atoms with van der Waals surface area (Å²) < 4.78 is 5.62. The van der Waals surface area contributed by atoms with Crippen LogP contribution in [0, 0.1) is 0 Å². The van der Waals surface area contributed by atoms with Gasteiger partial charge >= 0.3 is 5.97 Å². The number of nitrogens with zero attached hydrogens (tertiary/aromatic N) is 1. The van der Waals surface area contributed by atoms with E-state index in [9.17, 15) is 14.7 Å². The molecule has 0 aromatic heterocycles. The molecule has 0 amide bonds. The minimum atomic E-state index is -1.06. The van der Waals surface area contributed by atoms with Crippen molar-refractivity contribution in [3.63, 3.8) is 0 Å². The predicted molar refractivity (Wildman–Crippen MR) is 100 cm³/mol. The Morgan fingerprint density at radius 3 is 2.08 bits per heavy atom. The Bertz CT molecular complexity index is 755. The average molecular weight is 370 g/mol. The van der Waals surface area contributed by atoms with Gasteiger partial charge in [0.15, 0.2) is 6.54 Å². The maximum atomic E-state index is 10.8. The number of rotatable bonds is 5. The SMILES string of the molecule is COc1ccc2cc(C(C)C(=O)[O-])ccc2c1.C[N+](C)(C)CC(=O)O.[Na]. The first kappa shape index (κ1) is 24.4. The number of carboxylic acid groups (broad SMARTS) is 2. The van der Waals surface area contributed by atoms with E-state index in [1.54, 1.807) is 14.0 Å². The Morgan fingerprint density at radius 1 is 1.12 bits per heavy atom. The molecule has 0 saturated heterocycles. The molecule has 0 heterocycles. The second-order valence-electron chi connectivity index (χ2n) is 6.86. The summed E-state index contributed by atoms with van der Waals surface area (Å²) in [6.07, 6.45) is 0. The first-order valence-electron chi connectivity index (χ1n) is 7.84. The van der Waals surface area contributed by atoms with Gasteiger partial charge in [0.05, 0.1) is 28.3 Å². The molecule has 1 unspecified atom stereocenters. The number of carbonyl (C=O) groups is 2. The quantitative estimate of drug-likeness (QED) is 0.629. The Balaban J connectivity index is 0.000000597. The summed E-state index contributed by atoms with van der Waals surface area (Å²) in [4.78, 5) is 20.8. The Morgan fingerprint density at radius 2 is 1.65 bits per heavy atom. The van der Waals surface area contributed by atoms with Crippen molar-refractivity contribution in [2.45, 2.75) is 12.8 Å². The molecule has 6 nitrogen and oxygen atoms in total. The number of benzene rings is 2. The summed E-state index contributed by atoms with van der Waals surface area (Å²) in [5.41, 5.74) is 0.752. The molecule has 0 bridgehead atoms. The van der Waals surface area contributed by atoms with Gasteiger partial charge in [-0.2, -0.15) is 0 Å². The Hall–Kier alpha value is -1.60. The third-order valence-corrected chi connectivity index (χ3v) is 3.53. The van der Waals surface area contributed by atoms with E-state index in [1.165, 1.54) is 0 Å². The molecule has 0 aliphatic heterocycles. The van der Waals surface area contributed by atoms with Gasteiger partial charge in [0.2, 0.25) is 0 Å². The van der Waals surface area contributed by atoms with Gasteiger partial charge in [0.1, 0.15) is 5.75 Å². The monoisotopic (exact) mass is 370 g/mol. The van der Waals surface area contributed by atoms with Crippen molar-refractivity contribution in [1.82, 2.24) is 0 Å². The smallest absolute Gasteiger partial charge is 0.359 e. The van der Waals surface area contributed by atoms with Crippen LogP contribution in [0.15, 0.2) is 36.4 Å². The fourth-order valence-electron chi connectivity index (χ4n) is 2.18. The molecule has 2 rings (SSSR count). The minimum absolute atomic E-state index is 0. The molecule has 2 aromatic rings. The van der Waals surface area contributed by atoms with Crippen molar-refractivity contribution in [1.29, 1.82) is 0 Å². The summed E-state index contributed by atoms with van der Waals surface area (Å²) >= 11 is 0. The van der Waals surface area contributed by atoms with E-state index in [0.29, 0.717) is 4.48 Å². The molecule has 1 N–H and O–H groups in total. The zero-order valence-electron chi connectivity index (χ0n) is 16.3. The van der Waals surface area contributed by atoms with Crippen LogP contribution in [0.5, 0.6) is 5.75 Å². The van der Waals surface area contributed by atoms with E-state index in [1.807, 2.05) is 57.5 Å². The normalized spacial score (nSPS) is 11.6. The van der Waals surface area contributed by atoms with E-state index in [-0.39, 0.29) is 36.1 Å². The fourth-order valence-corrected chi connectivity index (χ4v) is 2.18. The van der Waals surface area contributed by atoms with Gasteiger partial charge in [0.25, 0.3) is 0 Å². The molecule has 7 heteroatoms. The van der Waals surface area contributed by atoms with Crippen LogP contribution >= 0.6 is 0 Å². The van der Waals surface area contributed by atoms with Crippen molar-refractivity contribution in [3.05, 3.63) is 42.0 Å². The van der Waals surface area contributed by atoms with Crippen LogP contribution in [0.4, 0.5) is 0 Å². The maximum absolute atomic E-state index is 10.8. The molecule has 137 valence electrons. The first-order chi connectivity index (χ1) is 11.5. The van der Waals surface area contributed by atoms with Crippen molar-refractivity contribution in [2.24, 2.45) is 0 Å². The van der Waals surface area contributed by atoms with E-state index >= 15 is 0 Å². The zero-order chi connectivity index (χ0) is 19.2. The molecular weight excluding hydrogens is 345 g/mol. The number of likely N-dealkylation sites (N-methyl/N-ethyl adjacent to an activating group) is 1. The summed E-state index contributed by atoms with van der Waals surface area (Å²) in [5.74, 6) is -1.62. The van der Waals surface area contributed by atoms with Crippen LogP contribution in [0.3, 0.4) is 0 Å².